The van der Waals surface area contributed by atoms with E-state index in [2.05, 4.69) is 29.0 Å². The quantitative estimate of drug-likeness (QED) is 0.660. The van der Waals surface area contributed by atoms with Crippen molar-refractivity contribution in [2.24, 2.45) is 0 Å². The number of H-pyrrole nitrogens is 1. The van der Waals surface area contributed by atoms with Crippen molar-refractivity contribution in [2.45, 2.75) is 26.9 Å². The highest BCUT2D eigenvalue weighted by Gasteiger charge is 2.07. The number of benzene rings is 1. The topological polar surface area (TPSA) is 37.9 Å². The van der Waals surface area contributed by atoms with E-state index in [0.29, 0.717) is 11.2 Å². The molecule has 0 aliphatic rings. The number of ether oxygens (including phenoxy) is 1. The van der Waals surface area contributed by atoms with Crippen LogP contribution < -0.4 is 0 Å². The molecule has 100 valence electrons. The predicted molar refractivity (Wildman–Crippen MR) is 79.5 cm³/mol. The Morgan fingerprint density at radius 2 is 2.00 bits per heavy atom. The molecule has 2 rings (SSSR count). The molecule has 4 heteroatoms. The molecule has 0 aliphatic heterocycles. The highest BCUT2D eigenvalue weighted by atomic mass is 32.1. The summed E-state index contributed by atoms with van der Waals surface area (Å²) in [6.07, 6.45) is 0.998. The standard InChI is InChI=1S/C15H18N2OS/c1-3-9-18-10-13-16-14(11(2)15(19)17-13)12-7-5-4-6-8-12/h4-8H,3,9-10H2,1-2H3,(H,16,17,19). The summed E-state index contributed by atoms with van der Waals surface area (Å²) in [6, 6.07) is 10.1. The molecular formula is C15H18N2OS. The van der Waals surface area contributed by atoms with Gasteiger partial charge in [-0.1, -0.05) is 49.5 Å². The van der Waals surface area contributed by atoms with Crippen molar-refractivity contribution in [1.29, 1.82) is 0 Å². The molecule has 2 aromatic rings. The average Bonchev–Trinajstić information content (AvgIpc) is 2.44. The van der Waals surface area contributed by atoms with Gasteiger partial charge in [0.2, 0.25) is 0 Å². The van der Waals surface area contributed by atoms with Gasteiger partial charge in [0.05, 0.1) is 5.69 Å². The Morgan fingerprint density at radius 1 is 1.26 bits per heavy atom. The molecule has 0 saturated carbocycles. The molecule has 1 heterocycles. The first kappa shape index (κ1) is 13.9. The Kier molecular flexibility index (Phi) is 4.82. The second-order valence-electron chi connectivity index (χ2n) is 4.41. The molecule has 19 heavy (non-hydrogen) atoms. The predicted octanol–water partition coefficient (Wildman–Crippen LogP) is 4.04. The lowest BCUT2D eigenvalue weighted by Gasteiger charge is -2.10. The Balaban J connectivity index is 2.35. The summed E-state index contributed by atoms with van der Waals surface area (Å²) in [4.78, 5) is 7.69. The molecule has 3 nitrogen and oxygen atoms in total. The zero-order valence-corrected chi connectivity index (χ0v) is 12.1. The van der Waals surface area contributed by atoms with Crippen molar-refractivity contribution in [3.8, 4) is 11.3 Å². The number of nitrogens with zero attached hydrogens (tertiary/aromatic N) is 1. The highest BCUT2D eigenvalue weighted by molar-refractivity contribution is 7.71. The lowest BCUT2D eigenvalue weighted by atomic mass is 10.1. The van der Waals surface area contributed by atoms with Crippen molar-refractivity contribution in [3.63, 3.8) is 0 Å². The molecule has 0 saturated heterocycles. The Labute approximate surface area is 118 Å². The minimum absolute atomic E-state index is 0.470. The molecule has 0 amide bonds. The molecule has 0 bridgehead atoms. The van der Waals surface area contributed by atoms with E-state index in [0.717, 1.165) is 35.7 Å². The number of aromatic amines is 1. The van der Waals surface area contributed by atoms with Gasteiger partial charge in [-0.05, 0) is 18.9 Å². The van der Waals surface area contributed by atoms with Crippen molar-refractivity contribution in [3.05, 3.63) is 46.4 Å². The SMILES string of the molecule is CCCOCc1nc(=S)c(C)c(-c2ccccc2)[nH]1. The van der Waals surface area contributed by atoms with E-state index in [1.165, 1.54) is 0 Å². The van der Waals surface area contributed by atoms with Gasteiger partial charge in [-0.15, -0.1) is 0 Å². The van der Waals surface area contributed by atoms with E-state index in [9.17, 15) is 0 Å². The molecular weight excluding hydrogens is 256 g/mol. The number of hydrogen-bond acceptors (Lipinski definition) is 3. The molecule has 0 atom stereocenters. The van der Waals surface area contributed by atoms with Crippen molar-refractivity contribution in [1.82, 2.24) is 9.97 Å². The first-order valence-electron chi connectivity index (χ1n) is 6.45. The van der Waals surface area contributed by atoms with Crippen LogP contribution in [0.1, 0.15) is 24.7 Å². The van der Waals surface area contributed by atoms with Crippen LogP contribution >= 0.6 is 12.2 Å². The zero-order valence-electron chi connectivity index (χ0n) is 11.3. The van der Waals surface area contributed by atoms with Gasteiger partial charge in [0.1, 0.15) is 17.1 Å². The van der Waals surface area contributed by atoms with Crippen LogP contribution in [0.4, 0.5) is 0 Å². The van der Waals surface area contributed by atoms with E-state index in [4.69, 9.17) is 17.0 Å². The minimum atomic E-state index is 0.470. The molecule has 1 N–H and O–H groups in total. The molecule has 1 aromatic heterocycles. The fourth-order valence-electron chi connectivity index (χ4n) is 1.85. The third-order valence-corrected chi connectivity index (χ3v) is 3.25. The van der Waals surface area contributed by atoms with Crippen molar-refractivity contribution in [2.75, 3.05) is 6.61 Å². The van der Waals surface area contributed by atoms with E-state index in [-0.39, 0.29) is 0 Å². The van der Waals surface area contributed by atoms with Crippen molar-refractivity contribution >= 4 is 12.2 Å². The molecule has 1 aromatic carbocycles. The van der Waals surface area contributed by atoms with Crippen LogP contribution in [0.2, 0.25) is 0 Å². The first-order chi connectivity index (χ1) is 9.22. The summed E-state index contributed by atoms with van der Waals surface area (Å²) in [5, 5.41) is 0. The highest BCUT2D eigenvalue weighted by Crippen LogP contribution is 2.21. The lowest BCUT2D eigenvalue weighted by molar-refractivity contribution is 0.116. The van der Waals surface area contributed by atoms with Crippen LogP contribution in [-0.4, -0.2) is 16.6 Å². The molecule has 0 aliphatic carbocycles. The van der Waals surface area contributed by atoms with Crippen LogP contribution in [0.15, 0.2) is 30.3 Å². The molecule has 0 spiro atoms. The maximum Gasteiger partial charge on any atom is 0.134 e. The average molecular weight is 274 g/mol. The van der Waals surface area contributed by atoms with Crippen LogP contribution in [-0.2, 0) is 11.3 Å². The summed E-state index contributed by atoms with van der Waals surface area (Å²) in [6.45, 7) is 5.28. The monoisotopic (exact) mass is 274 g/mol. The van der Waals surface area contributed by atoms with Crippen LogP contribution in [0, 0.1) is 11.6 Å². The Bertz CT molecular complexity index is 593. The summed E-state index contributed by atoms with van der Waals surface area (Å²) in [5.41, 5.74) is 3.14. The smallest absolute Gasteiger partial charge is 0.134 e. The summed E-state index contributed by atoms with van der Waals surface area (Å²) < 4.78 is 6.15. The zero-order chi connectivity index (χ0) is 13.7. The fourth-order valence-corrected chi connectivity index (χ4v) is 2.07. The molecule has 0 fully saturated rings. The summed E-state index contributed by atoms with van der Waals surface area (Å²) in [5.74, 6) is 0.780. The van der Waals surface area contributed by atoms with Gasteiger partial charge >= 0.3 is 0 Å². The second kappa shape index (κ2) is 6.59. The number of aromatic nitrogens is 2. The summed E-state index contributed by atoms with van der Waals surface area (Å²) >= 11 is 5.32. The normalized spacial score (nSPS) is 10.6. The van der Waals surface area contributed by atoms with Gasteiger partial charge in [-0.2, -0.15) is 0 Å². The van der Waals surface area contributed by atoms with E-state index >= 15 is 0 Å². The second-order valence-corrected chi connectivity index (χ2v) is 4.79. The molecule has 0 unspecified atom stereocenters. The summed E-state index contributed by atoms with van der Waals surface area (Å²) in [7, 11) is 0. The van der Waals surface area contributed by atoms with Crippen LogP contribution in [0.3, 0.4) is 0 Å². The Hall–Kier alpha value is -1.52. The Morgan fingerprint density at radius 3 is 2.68 bits per heavy atom. The third kappa shape index (κ3) is 3.49. The van der Waals surface area contributed by atoms with Gasteiger partial charge in [-0.3, -0.25) is 0 Å². The van der Waals surface area contributed by atoms with E-state index in [1.807, 2.05) is 25.1 Å². The van der Waals surface area contributed by atoms with Crippen LogP contribution in [0.5, 0.6) is 0 Å². The largest absolute Gasteiger partial charge is 0.374 e. The van der Waals surface area contributed by atoms with Crippen LogP contribution in [0.25, 0.3) is 11.3 Å². The first-order valence-corrected chi connectivity index (χ1v) is 6.86. The fraction of sp³-hybridized carbons (Fsp3) is 0.333. The maximum absolute atomic E-state index is 5.51. The third-order valence-electron chi connectivity index (χ3n) is 2.85. The van der Waals surface area contributed by atoms with E-state index < -0.39 is 0 Å². The van der Waals surface area contributed by atoms with Gasteiger partial charge in [-0.25, -0.2) is 4.98 Å². The minimum Gasteiger partial charge on any atom is -0.374 e. The lowest BCUT2D eigenvalue weighted by Crippen LogP contribution is -2.03. The van der Waals surface area contributed by atoms with Gasteiger partial charge in [0.15, 0.2) is 0 Å². The van der Waals surface area contributed by atoms with E-state index in [1.54, 1.807) is 0 Å². The number of rotatable bonds is 5. The van der Waals surface area contributed by atoms with Gasteiger partial charge < -0.3 is 9.72 Å². The van der Waals surface area contributed by atoms with Gasteiger partial charge in [0, 0.05) is 12.2 Å². The molecule has 0 radical (unpaired) electrons. The van der Waals surface area contributed by atoms with Crippen molar-refractivity contribution < 1.29 is 4.74 Å². The van der Waals surface area contributed by atoms with Gasteiger partial charge in [0.25, 0.3) is 0 Å². The maximum atomic E-state index is 5.51. The number of nitrogens with one attached hydrogen (secondary N) is 1. The number of hydrogen-bond donors (Lipinski definition) is 1.